The van der Waals surface area contributed by atoms with E-state index in [-0.39, 0.29) is 11.3 Å². The summed E-state index contributed by atoms with van der Waals surface area (Å²) in [5, 5.41) is 11.9. The van der Waals surface area contributed by atoms with Gasteiger partial charge in [0, 0.05) is 17.8 Å². The summed E-state index contributed by atoms with van der Waals surface area (Å²) in [6.07, 6.45) is 2.46. The number of ketones is 1. The molecule has 1 aromatic carbocycles. The van der Waals surface area contributed by atoms with Crippen LogP contribution in [0.15, 0.2) is 54.2 Å². The van der Waals surface area contributed by atoms with Crippen LogP contribution in [0.1, 0.15) is 29.4 Å². The van der Waals surface area contributed by atoms with Crippen LogP contribution in [0.2, 0.25) is 5.02 Å². The molecule has 0 aliphatic carbocycles. The van der Waals surface area contributed by atoms with Crippen molar-refractivity contribution in [1.82, 2.24) is 19.2 Å². The molecule has 2 aromatic heterocycles. The predicted molar refractivity (Wildman–Crippen MR) is 124 cm³/mol. The molecule has 1 unspecified atom stereocenters. The number of Topliss-reactive ketones (excluding diaryl/α,β-unsaturated/α-hetero) is 1. The minimum Gasteiger partial charge on any atom is -0.505 e. The lowest BCUT2D eigenvalue weighted by molar-refractivity contribution is -0.139. The van der Waals surface area contributed by atoms with Gasteiger partial charge in [0.2, 0.25) is 0 Å². The first-order valence-corrected chi connectivity index (χ1v) is 10.8. The number of aryl methyl sites for hydroxylation is 1. The van der Waals surface area contributed by atoms with E-state index >= 15 is 0 Å². The van der Waals surface area contributed by atoms with Crippen LogP contribution in [0.3, 0.4) is 0 Å². The lowest BCUT2D eigenvalue weighted by atomic mass is 9.96. The second-order valence-electron chi connectivity index (χ2n) is 8.18. The number of aliphatic hydroxyl groups is 1. The van der Waals surface area contributed by atoms with Gasteiger partial charge in [-0.1, -0.05) is 29.8 Å². The molecule has 3 aromatic rings. The summed E-state index contributed by atoms with van der Waals surface area (Å²) in [5.74, 6) is -1.57. The van der Waals surface area contributed by atoms with Gasteiger partial charge in [-0.25, -0.2) is 4.98 Å². The molecule has 1 atom stereocenters. The van der Waals surface area contributed by atoms with Crippen molar-refractivity contribution >= 4 is 34.7 Å². The van der Waals surface area contributed by atoms with Crippen molar-refractivity contribution in [1.29, 1.82) is 0 Å². The zero-order valence-electron chi connectivity index (χ0n) is 18.2. The lowest BCUT2D eigenvalue weighted by Crippen LogP contribution is -2.32. The Labute approximate surface area is 191 Å². The first kappa shape index (κ1) is 22.0. The number of hydrogen-bond donors (Lipinski definition) is 1. The maximum Gasteiger partial charge on any atom is 0.295 e. The van der Waals surface area contributed by atoms with Crippen LogP contribution >= 0.6 is 11.6 Å². The Balaban J connectivity index is 1.89. The molecule has 7 nitrogen and oxygen atoms in total. The highest BCUT2D eigenvalue weighted by Gasteiger charge is 2.46. The van der Waals surface area contributed by atoms with Crippen molar-refractivity contribution in [2.45, 2.75) is 19.4 Å². The van der Waals surface area contributed by atoms with Crippen molar-refractivity contribution in [3.8, 4) is 0 Å². The molecular formula is C24H25ClN4O3. The zero-order valence-corrected chi connectivity index (χ0v) is 19.0. The number of aromatic nitrogens is 2. The number of nitrogens with zero attached hydrogens (tertiary/aromatic N) is 4. The van der Waals surface area contributed by atoms with Crippen molar-refractivity contribution in [2.24, 2.45) is 0 Å². The Morgan fingerprint density at radius 2 is 1.97 bits per heavy atom. The Bertz CT molecular complexity index is 1230. The first-order chi connectivity index (χ1) is 15.3. The number of carbonyl (C=O) groups excluding carboxylic acids is 2. The molecule has 1 amide bonds. The van der Waals surface area contributed by atoms with Crippen LogP contribution in [-0.4, -0.2) is 63.2 Å². The van der Waals surface area contributed by atoms with E-state index in [2.05, 4.69) is 4.98 Å². The molecule has 0 radical (unpaired) electrons. The van der Waals surface area contributed by atoms with E-state index in [0.717, 1.165) is 6.54 Å². The van der Waals surface area contributed by atoms with Gasteiger partial charge in [0.05, 0.1) is 17.3 Å². The fourth-order valence-corrected chi connectivity index (χ4v) is 4.42. The van der Waals surface area contributed by atoms with E-state index in [1.54, 1.807) is 35.7 Å². The minimum absolute atomic E-state index is 0.0517. The first-order valence-electron chi connectivity index (χ1n) is 10.4. The molecule has 1 aliphatic heterocycles. The van der Waals surface area contributed by atoms with E-state index in [1.165, 1.54) is 4.90 Å². The largest absolute Gasteiger partial charge is 0.505 e. The van der Waals surface area contributed by atoms with E-state index in [0.29, 0.717) is 40.6 Å². The van der Waals surface area contributed by atoms with Crippen LogP contribution in [0.4, 0.5) is 0 Å². The van der Waals surface area contributed by atoms with E-state index in [1.807, 2.05) is 43.3 Å². The Hall–Kier alpha value is -3.16. The number of aliphatic hydroxyl groups excluding tert-OH is 1. The summed E-state index contributed by atoms with van der Waals surface area (Å²) in [6, 6.07) is 11.8. The van der Waals surface area contributed by atoms with Gasteiger partial charge in [-0.2, -0.15) is 0 Å². The molecule has 166 valence electrons. The normalized spacial score (nSPS) is 18.3. The predicted octanol–water partition coefficient (Wildman–Crippen LogP) is 3.67. The maximum absolute atomic E-state index is 13.2. The van der Waals surface area contributed by atoms with Crippen molar-refractivity contribution in [3.05, 3.63) is 76.2 Å². The Kier molecular flexibility index (Phi) is 6.04. The van der Waals surface area contributed by atoms with Crippen LogP contribution in [0.5, 0.6) is 0 Å². The summed E-state index contributed by atoms with van der Waals surface area (Å²) in [7, 11) is 3.91. The smallest absolute Gasteiger partial charge is 0.295 e. The van der Waals surface area contributed by atoms with Gasteiger partial charge in [0.25, 0.3) is 11.7 Å². The maximum atomic E-state index is 13.2. The van der Waals surface area contributed by atoms with Crippen LogP contribution < -0.4 is 0 Å². The Morgan fingerprint density at radius 1 is 1.19 bits per heavy atom. The number of amides is 1. The van der Waals surface area contributed by atoms with Gasteiger partial charge < -0.3 is 14.9 Å². The van der Waals surface area contributed by atoms with Crippen molar-refractivity contribution in [2.75, 3.05) is 27.2 Å². The number of likely N-dealkylation sites (tertiary alicyclic amines) is 1. The highest BCUT2D eigenvalue weighted by atomic mass is 35.5. The number of pyridine rings is 1. The number of fused-ring (bicyclic) bond motifs is 1. The van der Waals surface area contributed by atoms with E-state index in [9.17, 15) is 14.7 Å². The number of hydrogen-bond acceptors (Lipinski definition) is 5. The average Bonchev–Trinajstić information content (AvgIpc) is 3.21. The second kappa shape index (κ2) is 8.76. The van der Waals surface area contributed by atoms with Gasteiger partial charge in [0.15, 0.2) is 5.76 Å². The second-order valence-corrected chi connectivity index (χ2v) is 8.62. The summed E-state index contributed by atoms with van der Waals surface area (Å²) < 4.78 is 1.72. The van der Waals surface area contributed by atoms with Crippen molar-refractivity contribution < 1.29 is 14.7 Å². The number of halogens is 1. The molecule has 1 saturated heterocycles. The molecule has 0 bridgehead atoms. The molecular weight excluding hydrogens is 428 g/mol. The summed E-state index contributed by atoms with van der Waals surface area (Å²) in [4.78, 5) is 34.3. The van der Waals surface area contributed by atoms with Gasteiger partial charge in [0.1, 0.15) is 11.3 Å². The molecule has 1 aliphatic rings. The van der Waals surface area contributed by atoms with Gasteiger partial charge >= 0.3 is 0 Å². The number of benzene rings is 1. The van der Waals surface area contributed by atoms with E-state index in [4.69, 9.17) is 11.6 Å². The molecule has 1 fully saturated rings. The molecule has 0 saturated carbocycles. The van der Waals surface area contributed by atoms with Crippen LogP contribution in [0, 0.1) is 6.92 Å². The van der Waals surface area contributed by atoms with Crippen LogP contribution in [-0.2, 0) is 9.59 Å². The fraction of sp³-hybridized carbons (Fsp3) is 0.292. The minimum atomic E-state index is -0.732. The molecule has 1 N–H and O–H groups in total. The molecule has 8 heteroatoms. The Morgan fingerprint density at radius 3 is 2.69 bits per heavy atom. The standard InChI is InChI=1S/C24H25ClN4O3/c1-15-20(28-12-5-4-10-18(28)26-15)22(30)19-21(16-8-6-9-17(25)14-16)29(24(32)23(19)31)13-7-11-27(2)3/h4-6,8-10,12,14,21,30H,7,11,13H2,1-3H3/b22-19+. The fourth-order valence-electron chi connectivity index (χ4n) is 4.22. The number of carbonyl (C=O) groups is 2. The highest BCUT2D eigenvalue weighted by molar-refractivity contribution is 6.46. The monoisotopic (exact) mass is 452 g/mol. The molecule has 3 heterocycles. The summed E-state index contributed by atoms with van der Waals surface area (Å²) >= 11 is 6.23. The van der Waals surface area contributed by atoms with Crippen molar-refractivity contribution in [3.63, 3.8) is 0 Å². The SMILES string of the molecule is Cc1nc2ccccn2c1/C(O)=C1\C(=O)C(=O)N(CCCN(C)C)C1c1cccc(Cl)c1. The van der Waals surface area contributed by atoms with Crippen LogP contribution in [0.25, 0.3) is 11.4 Å². The number of rotatable bonds is 6. The molecule has 32 heavy (non-hydrogen) atoms. The number of imidazole rings is 1. The van der Waals surface area contributed by atoms with E-state index < -0.39 is 17.7 Å². The summed E-state index contributed by atoms with van der Waals surface area (Å²) in [6.45, 7) is 2.91. The van der Waals surface area contributed by atoms with Gasteiger partial charge in [-0.05, 0) is 63.8 Å². The van der Waals surface area contributed by atoms with Gasteiger partial charge in [-0.3, -0.25) is 14.0 Å². The third-order valence-electron chi connectivity index (χ3n) is 5.64. The molecule has 0 spiro atoms. The zero-order chi connectivity index (χ0) is 23.0. The van der Waals surface area contributed by atoms with Gasteiger partial charge in [-0.15, -0.1) is 0 Å². The summed E-state index contributed by atoms with van der Waals surface area (Å²) in [5.41, 5.74) is 2.34. The lowest BCUT2D eigenvalue weighted by Gasteiger charge is -2.26. The topological polar surface area (TPSA) is 78.1 Å². The molecule has 4 rings (SSSR count). The highest BCUT2D eigenvalue weighted by Crippen LogP contribution is 2.40. The quantitative estimate of drug-likeness (QED) is 0.351. The average molecular weight is 453 g/mol. The third kappa shape index (κ3) is 3.89. The third-order valence-corrected chi connectivity index (χ3v) is 5.87.